The van der Waals surface area contributed by atoms with E-state index >= 15 is 0 Å². The number of hydrogen-bond donors (Lipinski definition) is 2. The number of ether oxygens (including phenoxy) is 1. The normalized spacial score (nSPS) is 12.2. The van der Waals surface area contributed by atoms with Crippen LogP contribution in [0.1, 0.15) is 57.3 Å². The fourth-order valence-electron chi connectivity index (χ4n) is 4.24. The lowest BCUT2D eigenvalue weighted by molar-refractivity contribution is -0.140. The van der Waals surface area contributed by atoms with Crippen LogP contribution in [0.4, 0.5) is 11.4 Å². The van der Waals surface area contributed by atoms with Gasteiger partial charge in [-0.2, -0.15) is 0 Å². The number of aryl methyl sites for hydroxylation is 4. The third-order valence-electron chi connectivity index (χ3n) is 6.92. The first kappa shape index (κ1) is 28.7. The molecule has 0 bridgehead atoms. The maximum atomic E-state index is 12.8. The van der Waals surface area contributed by atoms with E-state index in [1.807, 2.05) is 75.1 Å². The Balaban J connectivity index is 0.000000279. The van der Waals surface area contributed by atoms with Crippen molar-refractivity contribution >= 4 is 23.3 Å². The molecule has 4 N–H and O–H groups in total. The van der Waals surface area contributed by atoms with Gasteiger partial charge in [0, 0.05) is 30.8 Å². The first-order chi connectivity index (χ1) is 18.1. The van der Waals surface area contributed by atoms with Crippen molar-refractivity contribution in [1.82, 2.24) is 9.88 Å². The highest BCUT2D eigenvalue weighted by Crippen LogP contribution is 2.24. The molecule has 2 heterocycles. The Kier molecular flexibility index (Phi) is 9.85. The zero-order chi connectivity index (χ0) is 27.8. The number of aromatic nitrogens is 1. The van der Waals surface area contributed by atoms with Gasteiger partial charge in [0.15, 0.2) is 0 Å². The summed E-state index contributed by atoms with van der Waals surface area (Å²) in [6.45, 7) is 9.99. The van der Waals surface area contributed by atoms with Gasteiger partial charge in [0.05, 0.1) is 37.1 Å². The first-order valence-corrected chi connectivity index (χ1v) is 12.9. The standard InChI is InChI=1S/C21H24N2O3.C9H15N3/c1-14-4-5-17(12-15(14)2)21(25)23-11-10-16-6-7-18(22-19(16)13-23)8-9-20(24)26-3;1-3-12(11)8-6-4-5-7(2)9(8)10/h4-7,12H,8-11,13H2,1-3H3;4-6H,3,10-11H2,1-2H3. The van der Waals surface area contributed by atoms with E-state index in [1.165, 1.54) is 18.2 Å². The second-order valence-corrected chi connectivity index (χ2v) is 9.55. The van der Waals surface area contributed by atoms with Crippen LogP contribution in [0.25, 0.3) is 0 Å². The average molecular weight is 518 g/mol. The molecule has 8 nitrogen and oxygen atoms in total. The van der Waals surface area contributed by atoms with Crippen molar-refractivity contribution in [2.45, 2.75) is 53.5 Å². The molecule has 4 rings (SSSR count). The number of anilines is 2. The molecule has 3 aromatic rings. The molecule has 8 heteroatoms. The van der Waals surface area contributed by atoms with E-state index in [-0.39, 0.29) is 11.9 Å². The van der Waals surface area contributed by atoms with E-state index < -0.39 is 0 Å². The molecule has 1 aliphatic rings. The van der Waals surface area contributed by atoms with Crippen LogP contribution in [0, 0.1) is 20.8 Å². The molecule has 38 heavy (non-hydrogen) atoms. The summed E-state index contributed by atoms with van der Waals surface area (Å²) < 4.78 is 4.68. The van der Waals surface area contributed by atoms with Gasteiger partial charge in [-0.3, -0.25) is 14.6 Å². The van der Waals surface area contributed by atoms with Crippen molar-refractivity contribution < 1.29 is 14.3 Å². The number of amides is 1. The molecule has 0 saturated carbocycles. The van der Waals surface area contributed by atoms with Crippen LogP contribution in [0.2, 0.25) is 0 Å². The number of carbonyl (C=O) groups excluding carboxylic acids is 2. The van der Waals surface area contributed by atoms with Crippen molar-refractivity contribution in [2.75, 3.05) is 30.9 Å². The van der Waals surface area contributed by atoms with Crippen molar-refractivity contribution in [3.05, 3.63) is 87.7 Å². The molecule has 1 aliphatic heterocycles. The zero-order valence-corrected chi connectivity index (χ0v) is 23.1. The number of carbonyl (C=O) groups is 2. The fraction of sp³-hybridized carbons (Fsp3) is 0.367. The number of methoxy groups -OCH3 is 1. The smallest absolute Gasteiger partial charge is 0.305 e. The van der Waals surface area contributed by atoms with Crippen LogP contribution in [0.15, 0.2) is 48.5 Å². The number of nitrogens with zero attached hydrogens (tertiary/aromatic N) is 3. The Bertz CT molecular complexity index is 1290. The number of hydrogen-bond acceptors (Lipinski definition) is 7. The number of hydrazine groups is 1. The number of nitrogen functional groups attached to an aromatic ring is 1. The van der Waals surface area contributed by atoms with Crippen molar-refractivity contribution in [3.8, 4) is 0 Å². The summed E-state index contributed by atoms with van der Waals surface area (Å²) in [5.41, 5.74) is 14.6. The number of para-hydroxylation sites is 1. The number of benzene rings is 2. The molecule has 0 saturated heterocycles. The quantitative estimate of drug-likeness (QED) is 0.217. The Hall–Kier alpha value is -3.91. The van der Waals surface area contributed by atoms with Gasteiger partial charge < -0.3 is 20.4 Å². The molecule has 0 radical (unpaired) electrons. The predicted octanol–water partition coefficient (Wildman–Crippen LogP) is 4.28. The zero-order valence-electron chi connectivity index (χ0n) is 23.1. The van der Waals surface area contributed by atoms with E-state index in [1.54, 1.807) is 5.01 Å². The van der Waals surface area contributed by atoms with Crippen LogP contribution in [-0.2, 0) is 28.9 Å². The van der Waals surface area contributed by atoms with Gasteiger partial charge >= 0.3 is 5.97 Å². The first-order valence-electron chi connectivity index (χ1n) is 12.9. The number of esters is 1. The highest BCUT2D eigenvalue weighted by Gasteiger charge is 2.23. The van der Waals surface area contributed by atoms with E-state index in [0.717, 1.165) is 52.4 Å². The Morgan fingerprint density at radius 2 is 1.82 bits per heavy atom. The highest BCUT2D eigenvalue weighted by molar-refractivity contribution is 5.94. The Morgan fingerprint density at radius 3 is 2.50 bits per heavy atom. The number of rotatable bonds is 6. The summed E-state index contributed by atoms with van der Waals surface area (Å²) in [4.78, 5) is 30.7. The van der Waals surface area contributed by atoms with Crippen LogP contribution in [-0.4, -0.2) is 42.0 Å². The van der Waals surface area contributed by atoms with Crippen molar-refractivity contribution in [1.29, 1.82) is 0 Å². The number of nitrogens with two attached hydrogens (primary N) is 2. The molecule has 2 aromatic carbocycles. The molecule has 0 aliphatic carbocycles. The van der Waals surface area contributed by atoms with E-state index in [4.69, 9.17) is 11.6 Å². The lowest BCUT2D eigenvalue weighted by Gasteiger charge is -2.28. The van der Waals surface area contributed by atoms with Gasteiger partial charge in [-0.15, -0.1) is 0 Å². The molecule has 0 spiro atoms. The summed E-state index contributed by atoms with van der Waals surface area (Å²) in [7, 11) is 1.39. The Labute approximate surface area is 225 Å². The van der Waals surface area contributed by atoms with E-state index in [2.05, 4.69) is 15.8 Å². The Morgan fingerprint density at radius 1 is 1.05 bits per heavy atom. The lowest BCUT2D eigenvalue weighted by Crippen LogP contribution is -2.36. The minimum atomic E-state index is -0.240. The largest absolute Gasteiger partial charge is 0.469 e. The second kappa shape index (κ2) is 13.1. The maximum Gasteiger partial charge on any atom is 0.305 e. The molecular weight excluding hydrogens is 478 g/mol. The van der Waals surface area contributed by atoms with E-state index in [9.17, 15) is 9.59 Å². The molecule has 0 fully saturated rings. The predicted molar refractivity (Wildman–Crippen MR) is 152 cm³/mol. The maximum absolute atomic E-state index is 12.8. The van der Waals surface area contributed by atoms with Gasteiger partial charge in [0.2, 0.25) is 0 Å². The molecule has 1 aromatic heterocycles. The van der Waals surface area contributed by atoms with Crippen LogP contribution >= 0.6 is 0 Å². The average Bonchev–Trinajstić information content (AvgIpc) is 2.93. The number of pyridine rings is 1. The van der Waals surface area contributed by atoms with Gasteiger partial charge in [-0.25, -0.2) is 5.84 Å². The van der Waals surface area contributed by atoms with Gasteiger partial charge in [-0.05, 0) is 80.6 Å². The summed E-state index contributed by atoms with van der Waals surface area (Å²) >= 11 is 0. The molecular formula is C30H39N5O3. The third-order valence-corrected chi connectivity index (χ3v) is 6.92. The summed E-state index contributed by atoms with van der Waals surface area (Å²) in [5.74, 6) is 5.52. The summed E-state index contributed by atoms with van der Waals surface area (Å²) in [6, 6.07) is 15.7. The molecule has 1 amide bonds. The monoisotopic (exact) mass is 517 g/mol. The number of fused-ring (bicyclic) bond motifs is 1. The minimum Gasteiger partial charge on any atom is -0.469 e. The topological polar surface area (TPSA) is 115 Å². The van der Waals surface area contributed by atoms with Gasteiger partial charge in [0.25, 0.3) is 5.91 Å². The summed E-state index contributed by atoms with van der Waals surface area (Å²) in [5, 5.41) is 1.64. The minimum absolute atomic E-state index is 0.0421. The van der Waals surface area contributed by atoms with E-state index in [0.29, 0.717) is 25.9 Å². The van der Waals surface area contributed by atoms with Gasteiger partial charge in [0.1, 0.15) is 0 Å². The van der Waals surface area contributed by atoms with Crippen LogP contribution < -0.4 is 16.6 Å². The lowest BCUT2D eigenvalue weighted by atomic mass is 10.0. The van der Waals surface area contributed by atoms with Crippen molar-refractivity contribution in [3.63, 3.8) is 0 Å². The summed E-state index contributed by atoms with van der Waals surface area (Å²) in [6.07, 6.45) is 1.66. The highest BCUT2D eigenvalue weighted by atomic mass is 16.5. The van der Waals surface area contributed by atoms with Crippen LogP contribution in [0.3, 0.4) is 0 Å². The molecule has 202 valence electrons. The van der Waals surface area contributed by atoms with Crippen molar-refractivity contribution in [2.24, 2.45) is 5.84 Å². The van der Waals surface area contributed by atoms with Gasteiger partial charge in [-0.1, -0.05) is 24.3 Å². The SMILES string of the molecule is CCN(N)c1cccc(C)c1N.COC(=O)CCc1ccc2c(n1)CN(C(=O)c1ccc(C)c(C)c1)CC2. The second-order valence-electron chi connectivity index (χ2n) is 9.55. The fourth-order valence-corrected chi connectivity index (χ4v) is 4.24. The molecule has 0 atom stereocenters. The van der Waals surface area contributed by atoms with Crippen LogP contribution in [0.5, 0.6) is 0 Å². The third kappa shape index (κ3) is 7.10. The molecule has 0 unspecified atom stereocenters.